The number of aliphatic hydroxyl groups is 1. The molecule has 0 amide bonds. The second-order valence-corrected chi connectivity index (χ2v) is 15.2. The summed E-state index contributed by atoms with van der Waals surface area (Å²) in [6.07, 6.45) is 11.0. The molecule has 2 aliphatic heterocycles. The second kappa shape index (κ2) is 11.3. The zero-order valence-corrected chi connectivity index (χ0v) is 25.9. The third-order valence-electron chi connectivity index (χ3n) is 11.8. The zero-order chi connectivity index (χ0) is 29.9. The third kappa shape index (κ3) is 4.85. The van der Waals surface area contributed by atoms with Crippen LogP contribution in [0.1, 0.15) is 65.4 Å². The third-order valence-corrected chi connectivity index (χ3v) is 13.0. The van der Waals surface area contributed by atoms with Crippen molar-refractivity contribution in [1.29, 1.82) is 0 Å². The molecule has 5 aliphatic rings. The van der Waals surface area contributed by atoms with Crippen LogP contribution in [0.4, 0.5) is 0 Å². The Morgan fingerprint density at radius 1 is 1.19 bits per heavy atom. The minimum absolute atomic E-state index is 0.0191. The smallest absolute Gasteiger partial charge is 0.316 e. The van der Waals surface area contributed by atoms with E-state index in [-0.39, 0.29) is 64.2 Å². The van der Waals surface area contributed by atoms with Crippen molar-refractivity contribution in [2.75, 3.05) is 19.0 Å². The number of carbonyl (C=O) groups is 2. The van der Waals surface area contributed by atoms with Crippen LogP contribution in [-0.2, 0) is 23.8 Å². The summed E-state index contributed by atoms with van der Waals surface area (Å²) in [7, 11) is 0. The lowest BCUT2D eigenvalue weighted by molar-refractivity contribution is -0.205. The van der Waals surface area contributed by atoms with E-state index in [1.54, 1.807) is 12.4 Å². The summed E-state index contributed by atoms with van der Waals surface area (Å²) in [6.45, 7) is 9.52. The van der Waals surface area contributed by atoms with Crippen molar-refractivity contribution in [2.45, 2.75) is 95.5 Å². The first kappa shape index (κ1) is 30.2. The van der Waals surface area contributed by atoms with Gasteiger partial charge in [0.1, 0.15) is 24.3 Å². The number of ketones is 1. The average Bonchev–Trinajstić information content (AvgIpc) is 3.67. The molecule has 10 heteroatoms. The Bertz CT molecular complexity index is 1220. The summed E-state index contributed by atoms with van der Waals surface area (Å²) in [4.78, 5) is 35.6. The molecule has 3 N–H and O–H groups in total. The predicted octanol–water partition coefficient (Wildman–Crippen LogP) is 3.44. The number of carbonyl (C=O) groups excluding carboxylic acids is 2. The van der Waals surface area contributed by atoms with E-state index in [4.69, 9.17) is 19.9 Å². The van der Waals surface area contributed by atoms with Gasteiger partial charge in [0.2, 0.25) is 0 Å². The number of rotatable bonds is 6. The molecule has 3 saturated carbocycles. The van der Waals surface area contributed by atoms with Gasteiger partial charge in [-0.25, -0.2) is 9.97 Å². The maximum atomic E-state index is 13.7. The minimum Gasteiger partial charge on any atom is -0.461 e. The molecule has 5 fully saturated rings. The van der Waals surface area contributed by atoms with Crippen LogP contribution in [-0.4, -0.2) is 81.5 Å². The standard InChI is InChI=1S/C32H45N3O6S/c1-18-5-9-32-10-7-22(36)28(32)31(18,4)24(41-25(37)16-42-23-15-40-26-21(33)14-39-27(23)26)11-30(3,29(38)19(32)2)8-6-20-12-34-17-35-13-20/h6,8,12-13,17-19,21,23-24,26-29,38H,5,7,9-11,14-16,33H2,1-4H3/b8-6+/t18-,19+,21+,23+,24-,26?,27-,28+,29+,30+,31+,32+/m1/s1. The number of hydrogen-bond donors (Lipinski definition) is 2. The van der Waals surface area contributed by atoms with Crippen LogP contribution in [0, 0.1) is 34.0 Å². The van der Waals surface area contributed by atoms with Crippen LogP contribution < -0.4 is 5.73 Å². The summed E-state index contributed by atoms with van der Waals surface area (Å²) in [5.74, 6) is -0.0636. The van der Waals surface area contributed by atoms with Crippen molar-refractivity contribution in [3.63, 3.8) is 0 Å². The monoisotopic (exact) mass is 599 g/mol. The van der Waals surface area contributed by atoms with E-state index in [0.29, 0.717) is 26.1 Å². The molecule has 0 radical (unpaired) electrons. The molecule has 12 atom stereocenters. The molecule has 1 unspecified atom stereocenters. The van der Waals surface area contributed by atoms with Gasteiger partial charge >= 0.3 is 5.97 Å². The number of hydrogen-bond acceptors (Lipinski definition) is 10. The number of ether oxygens (including phenoxy) is 3. The molecule has 6 rings (SSSR count). The molecule has 1 aromatic heterocycles. The van der Waals surface area contributed by atoms with Gasteiger partial charge in [-0.1, -0.05) is 39.8 Å². The van der Waals surface area contributed by atoms with Crippen molar-refractivity contribution >= 4 is 29.6 Å². The van der Waals surface area contributed by atoms with Gasteiger partial charge < -0.3 is 25.1 Å². The first-order valence-electron chi connectivity index (χ1n) is 15.4. The van der Waals surface area contributed by atoms with Crippen molar-refractivity contribution in [2.24, 2.45) is 39.7 Å². The van der Waals surface area contributed by atoms with E-state index in [2.05, 4.69) is 37.7 Å². The molecule has 2 saturated heterocycles. The van der Waals surface area contributed by atoms with E-state index in [1.807, 2.05) is 12.2 Å². The fraction of sp³-hybridized carbons (Fsp3) is 0.750. The minimum atomic E-state index is -0.725. The number of Topliss-reactive ketones (excluding diaryl/α,β-unsaturated/α-hetero) is 1. The molecule has 0 aromatic carbocycles. The van der Waals surface area contributed by atoms with E-state index in [1.165, 1.54) is 18.1 Å². The first-order valence-corrected chi connectivity index (χ1v) is 16.5. The fourth-order valence-electron chi connectivity index (χ4n) is 9.15. The molecular weight excluding hydrogens is 554 g/mol. The molecule has 2 bridgehead atoms. The normalized spacial score (nSPS) is 46.7. The van der Waals surface area contributed by atoms with Gasteiger partial charge in [0.05, 0.1) is 42.5 Å². The summed E-state index contributed by atoms with van der Waals surface area (Å²) in [5.41, 5.74) is 5.37. The summed E-state index contributed by atoms with van der Waals surface area (Å²) < 4.78 is 18.2. The highest BCUT2D eigenvalue weighted by Gasteiger charge is 2.68. The topological polar surface area (TPSA) is 134 Å². The summed E-state index contributed by atoms with van der Waals surface area (Å²) in [6, 6.07) is -0.138. The van der Waals surface area contributed by atoms with Gasteiger partial charge in [0.25, 0.3) is 0 Å². The van der Waals surface area contributed by atoms with Gasteiger partial charge in [-0.2, -0.15) is 0 Å². The molecule has 9 nitrogen and oxygen atoms in total. The summed E-state index contributed by atoms with van der Waals surface area (Å²) >= 11 is 1.49. The van der Waals surface area contributed by atoms with Crippen molar-refractivity contribution in [3.8, 4) is 0 Å². The fourth-order valence-corrected chi connectivity index (χ4v) is 10.2. The highest BCUT2D eigenvalue weighted by atomic mass is 32.2. The van der Waals surface area contributed by atoms with Crippen LogP contribution in [0.2, 0.25) is 0 Å². The Hall–Kier alpha value is -1.85. The van der Waals surface area contributed by atoms with Crippen molar-refractivity contribution in [1.82, 2.24) is 9.97 Å². The largest absolute Gasteiger partial charge is 0.461 e. The average molecular weight is 600 g/mol. The SMILES string of the molecule is C[C@@H]1CC[C@@]23CCC(=O)[C@H]2[C@]1(C)[C@H](OC(=O)CS[C@H]1COC2[C@@H](N)CO[C@@H]21)C[C@](C)(/C=C/c1cncnc1)[C@@H](O)[C@@H]3C. The van der Waals surface area contributed by atoms with Gasteiger partial charge in [0.15, 0.2) is 0 Å². The Morgan fingerprint density at radius 3 is 2.69 bits per heavy atom. The Kier molecular flexibility index (Phi) is 8.09. The zero-order valence-electron chi connectivity index (χ0n) is 25.1. The lowest BCUT2D eigenvalue weighted by Crippen LogP contribution is -2.63. The molecule has 3 aliphatic carbocycles. The Morgan fingerprint density at radius 2 is 1.93 bits per heavy atom. The summed E-state index contributed by atoms with van der Waals surface area (Å²) in [5, 5.41) is 12.1. The number of thioether (sulfide) groups is 1. The van der Waals surface area contributed by atoms with E-state index < -0.39 is 23.0 Å². The second-order valence-electron chi connectivity index (χ2n) is 14.0. The van der Waals surface area contributed by atoms with Gasteiger partial charge in [-0.3, -0.25) is 9.59 Å². The van der Waals surface area contributed by atoms with Gasteiger partial charge in [-0.15, -0.1) is 11.8 Å². The molecule has 230 valence electrons. The van der Waals surface area contributed by atoms with E-state index >= 15 is 0 Å². The quantitative estimate of drug-likeness (QED) is 0.469. The van der Waals surface area contributed by atoms with Crippen LogP contribution in [0.15, 0.2) is 24.8 Å². The Balaban J connectivity index is 1.31. The molecule has 1 aromatic rings. The van der Waals surface area contributed by atoms with Crippen LogP contribution >= 0.6 is 11.8 Å². The molecule has 42 heavy (non-hydrogen) atoms. The van der Waals surface area contributed by atoms with Gasteiger partial charge in [-0.05, 0) is 42.9 Å². The number of aromatic nitrogens is 2. The number of nitrogens with zero attached hydrogens (tertiary/aromatic N) is 2. The molecule has 3 heterocycles. The van der Waals surface area contributed by atoms with Gasteiger partial charge in [0, 0.05) is 41.1 Å². The van der Waals surface area contributed by atoms with E-state index in [9.17, 15) is 14.7 Å². The van der Waals surface area contributed by atoms with Crippen LogP contribution in [0.5, 0.6) is 0 Å². The molecular formula is C32H45N3O6S. The highest BCUT2D eigenvalue weighted by molar-refractivity contribution is 8.00. The lowest BCUT2D eigenvalue weighted by Gasteiger charge is -2.61. The highest BCUT2D eigenvalue weighted by Crippen LogP contribution is 2.68. The van der Waals surface area contributed by atoms with Crippen LogP contribution in [0.25, 0.3) is 6.08 Å². The lowest BCUT2D eigenvalue weighted by atomic mass is 9.44. The number of nitrogens with two attached hydrogens (primary N) is 1. The van der Waals surface area contributed by atoms with Crippen molar-refractivity contribution in [3.05, 3.63) is 30.4 Å². The van der Waals surface area contributed by atoms with Crippen molar-refractivity contribution < 1.29 is 28.9 Å². The maximum absolute atomic E-state index is 13.7. The number of fused-ring (bicyclic) bond motifs is 1. The Labute approximate surface area is 252 Å². The number of esters is 1. The maximum Gasteiger partial charge on any atom is 0.316 e. The van der Waals surface area contributed by atoms with E-state index in [0.717, 1.165) is 24.8 Å². The van der Waals surface area contributed by atoms with Crippen LogP contribution in [0.3, 0.4) is 0 Å². The number of aliphatic hydroxyl groups excluding tert-OH is 1. The predicted molar refractivity (Wildman–Crippen MR) is 159 cm³/mol. The molecule has 0 spiro atoms. The first-order chi connectivity index (χ1) is 20.0.